The van der Waals surface area contributed by atoms with Gasteiger partial charge in [-0.05, 0) is 25.5 Å². The molecule has 0 spiro atoms. The standard InChI is InChI=1S/C16H22F2N2O/c1-2-19-14(12-7-6-8-13(17)16(12)18)11-20-10-5-3-4-9-15(20)21/h6-8,14,19H,2-5,9-11H2,1H3. The number of benzene rings is 1. The number of likely N-dealkylation sites (N-methyl/N-ethyl adjacent to an activating group) is 1. The maximum absolute atomic E-state index is 14.0. The van der Waals surface area contributed by atoms with E-state index in [0.717, 1.165) is 25.3 Å². The monoisotopic (exact) mass is 296 g/mol. The molecule has 1 atom stereocenters. The molecule has 21 heavy (non-hydrogen) atoms. The molecule has 116 valence electrons. The van der Waals surface area contributed by atoms with Gasteiger partial charge in [-0.3, -0.25) is 4.79 Å². The Kier molecular flexibility index (Phi) is 5.67. The van der Waals surface area contributed by atoms with E-state index in [1.165, 1.54) is 6.07 Å². The van der Waals surface area contributed by atoms with Crippen molar-refractivity contribution in [1.29, 1.82) is 0 Å². The number of halogens is 2. The molecular formula is C16H22F2N2O. The summed E-state index contributed by atoms with van der Waals surface area (Å²) in [6, 6.07) is 3.81. The number of rotatable bonds is 5. The fraction of sp³-hybridized carbons (Fsp3) is 0.562. The molecule has 1 unspecified atom stereocenters. The summed E-state index contributed by atoms with van der Waals surface area (Å²) in [5.74, 6) is -1.57. The number of carbonyl (C=O) groups is 1. The first-order chi connectivity index (χ1) is 10.1. The van der Waals surface area contributed by atoms with E-state index in [1.54, 1.807) is 11.0 Å². The minimum atomic E-state index is -0.849. The molecule has 1 aromatic carbocycles. The summed E-state index contributed by atoms with van der Waals surface area (Å²) in [5.41, 5.74) is 0.286. The summed E-state index contributed by atoms with van der Waals surface area (Å²) in [5, 5.41) is 3.15. The zero-order chi connectivity index (χ0) is 15.2. The molecule has 2 rings (SSSR count). The molecule has 1 fully saturated rings. The predicted molar refractivity (Wildman–Crippen MR) is 77.8 cm³/mol. The van der Waals surface area contributed by atoms with Gasteiger partial charge in [0.1, 0.15) is 0 Å². The highest BCUT2D eigenvalue weighted by molar-refractivity contribution is 5.76. The third-order valence-electron chi connectivity index (χ3n) is 3.88. The Hall–Kier alpha value is -1.49. The minimum absolute atomic E-state index is 0.104. The lowest BCUT2D eigenvalue weighted by molar-refractivity contribution is -0.131. The van der Waals surface area contributed by atoms with Crippen LogP contribution in [0.5, 0.6) is 0 Å². The summed E-state index contributed by atoms with van der Waals surface area (Å²) in [6.45, 7) is 3.61. The van der Waals surface area contributed by atoms with Crippen LogP contribution in [0.3, 0.4) is 0 Å². The van der Waals surface area contributed by atoms with E-state index < -0.39 is 11.6 Å². The van der Waals surface area contributed by atoms with Crippen LogP contribution in [-0.2, 0) is 4.79 Å². The van der Waals surface area contributed by atoms with Crippen molar-refractivity contribution >= 4 is 5.91 Å². The number of nitrogens with one attached hydrogen (secondary N) is 1. The highest BCUT2D eigenvalue weighted by atomic mass is 19.2. The van der Waals surface area contributed by atoms with Gasteiger partial charge < -0.3 is 10.2 Å². The van der Waals surface area contributed by atoms with Crippen molar-refractivity contribution in [3.05, 3.63) is 35.4 Å². The third-order valence-corrected chi connectivity index (χ3v) is 3.88. The number of carbonyl (C=O) groups excluding carboxylic acids is 1. The van der Waals surface area contributed by atoms with E-state index in [4.69, 9.17) is 0 Å². The molecule has 5 heteroatoms. The van der Waals surface area contributed by atoms with E-state index in [-0.39, 0.29) is 17.5 Å². The van der Waals surface area contributed by atoms with Gasteiger partial charge in [-0.2, -0.15) is 0 Å². The predicted octanol–water partition coefficient (Wildman–Crippen LogP) is 3.02. The van der Waals surface area contributed by atoms with Gasteiger partial charge in [-0.15, -0.1) is 0 Å². The first kappa shape index (κ1) is 15.9. The van der Waals surface area contributed by atoms with Crippen molar-refractivity contribution in [2.45, 2.75) is 38.6 Å². The Bertz CT molecular complexity index is 493. The van der Waals surface area contributed by atoms with Crippen molar-refractivity contribution in [3.63, 3.8) is 0 Å². The van der Waals surface area contributed by atoms with E-state index in [9.17, 15) is 13.6 Å². The van der Waals surface area contributed by atoms with Gasteiger partial charge in [-0.25, -0.2) is 8.78 Å². The molecule has 1 saturated heterocycles. The molecule has 0 saturated carbocycles. The van der Waals surface area contributed by atoms with E-state index in [1.807, 2.05) is 6.92 Å². The number of hydrogen-bond donors (Lipinski definition) is 1. The Morgan fingerprint density at radius 3 is 2.86 bits per heavy atom. The highest BCUT2D eigenvalue weighted by Crippen LogP contribution is 2.22. The maximum atomic E-state index is 14.0. The minimum Gasteiger partial charge on any atom is -0.341 e. The molecule has 0 bridgehead atoms. The van der Waals surface area contributed by atoms with Crippen molar-refractivity contribution in [3.8, 4) is 0 Å². The van der Waals surface area contributed by atoms with E-state index >= 15 is 0 Å². The van der Waals surface area contributed by atoms with Crippen molar-refractivity contribution < 1.29 is 13.6 Å². The van der Waals surface area contributed by atoms with Crippen molar-refractivity contribution in [2.75, 3.05) is 19.6 Å². The average molecular weight is 296 g/mol. The Morgan fingerprint density at radius 1 is 1.29 bits per heavy atom. The fourth-order valence-corrected chi connectivity index (χ4v) is 2.76. The number of nitrogens with zero attached hydrogens (tertiary/aromatic N) is 1. The largest absolute Gasteiger partial charge is 0.341 e. The topological polar surface area (TPSA) is 32.3 Å². The van der Waals surface area contributed by atoms with Crippen LogP contribution in [0.1, 0.15) is 44.2 Å². The zero-order valence-electron chi connectivity index (χ0n) is 12.4. The van der Waals surface area contributed by atoms with E-state index in [2.05, 4.69) is 5.32 Å². The second-order valence-corrected chi connectivity index (χ2v) is 5.40. The SMILES string of the molecule is CCNC(CN1CCCCCC1=O)c1cccc(F)c1F. The molecule has 1 N–H and O–H groups in total. The summed E-state index contributed by atoms with van der Waals surface area (Å²) in [4.78, 5) is 13.8. The van der Waals surface area contributed by atoms with Crippen LogP contribution in [0.25, 0.3) is 0 Å². The fourth-order valence-electron chi connectivity index (χ4n) is 2.76. The van der Waals surface area contributed by atoms with Gasteiger partial charge >= 0.3 is 0 Å². The molecule has 0 aliphatic carbocycles. The summed E-state index contributed by atoms with van der Waals surface area (Å²) in [6.07, 6.45) is 3.47. The number of hydrogen-bond acceptors (Lipinski definition) is 2. The van der Waals surface area contributed by atoms with Crippen LogP contribution in [-0.4, -0.2) is 30.4 Å². The molecule has 1 aromatic rings. The third kappa shape index (κ3) is 4.00. The molecule has 3 nitrogen and oxygen atoms in total. The number of likely N-dealkylation sites (tertiary alicyclic amines) is 1. The molecule has 1 aliphatic heterocycles. The smallest absolute Gasteiger partial charge is 0.222 e. The van der Waals surface area contributed by atoms with Crippen molar-refractivity contribution in [2.24, 2.45) is 0 Å². The Balaban J connectivity index is 2.18. The van der Waals surface area contributed by atoms with Crippen molar-refractivity contribution in [1.82, 2.24) is 10.2 Å². The molecule has 0 radical (unpaired) electrons. The second-order valence-electron chi connectivity index (χ2n) is 5.40. The summed E-state index contributed by atoms with van der Waals surface area (Å²) >= 11 is 0. The number of amides is 1. The lowest BCUT2D eigenvalue weighted by Gasteiger charge is -2.27. The normalized spacial score (nSPS) is 17.7. The average Bonchev–Trinajstić information content (AvgIpc) is 2.67. The van der Waals surface area contributed by atoms with Crippen LogP contribution < -0.4 is 5.32 Å². The molecule has 1 amide bonds. The molecule has 1 aliphatic rings. The molecular weight excluding hydrogens is 274 g/mol. The molecule has 0 aromatic heterocycles. The maximum Gasteiger partial charge on any atom is 0.222 e. The van der Waals surface area contributed by atoms with Gasteiger partial charge in [-0.1, -0.05) is 25.5 Å². The van der Waals surface area contributed by atoms with Crippen LogP contribution in [0.15, 0.2) is 18.2 Å². The van der Waals surface area contributed by atoms with Crippen LogP contribution in [0, 0.1) is 11.6 Å². The zero-order valence-corrected chi connectivity index (χ0v) is 12.4. The first-order valence-corrected chi connectivity index (χ1v) is 7.58. The van der Waals surface area contributed by atoms with Gasteiger partial charge in [0.15, 0.2) is 11.6 Å². The van der Waals surface area contributed by atoms with Gasteiger partial charge in [0.2, 0.25) is 5.91 Å². The van der Waals surface area contributed by atoms with Gasteiger partial charge in [0.05, 0.1) is 6.04 Å². The van der Waals surface area contributed by atoms with Gasteiger partial charge in [0.25, 0.3) is 0 Å². The molecule has 1 heterocycles. The van der Waals surface area contributed by atoms with Crippen LogP contribution in [0.4, 0.5) is 8.78 Å². The summed E-state index contributed by atoms with van der Waals surface area (Å²) in [7, 11) is 0. The quantitative estimate of drug-likeness (QED) is 0.906. The Labute approximate surface area is 124 Å². The summed E-state index contributed by atoms with van der Waals surface area (Å²) < 4.78 is 27.4. The second kappa shape index (κ2) is 7.50. The van der Waals surface area contributed by atoms with Crippen LogP contribution in [0.2, 0.25) is 0 Å². The lowest BCUT2D eigenvalue weighted by Crippen LogP contribution is -2.39. The first-order valence-electron chi connectivity index (χ1n) is 7.58. The highest BCUT2D eigenvalue weighted by Gasteiger charge is 2.24. The van der Waals surface area contributed by atoms with E-state index in [0.29, 0.717) is 26.1 Å². The Morgan fingerprint density at radius 2 is 2.10 bits per heavy atom. The van der Waals surface area contributed by atoms with Crippen LogP contribution >= 0.6 is 0 Å². The van der Waals surface area contributed by atoms with Gasteiger partial charge in [0, 0.05) is 25.1 Å². The lowest BCUT2D eigenvalue weighted by atomic mass is 10.0.